The van der Waals surface area contributed by atoms with E-state index in [2.05, 4.69) is 27.0 Å². The molecule has 0 radical (unpaired) electrons. The Morgan fingerprint density at radius 1 is 0.913 bits per heavy atom. The zero-order valence-electron chi connectivity index (χ0n) is 13.2. The van der Waals surface area contributed by atoms with Gasteiger partial charge >= 0.3 is 11.1 Å². The molecule has 0 aliphatic heterocycles. The van der Waals surface area contributed by atoms with Gasteiger partial charge in [-0.2, -0.15) is 0 Å². The molecule has 0 bridgehead atoms. The molecule has 0 saturated heterocycles. The number of H-pyrrole nitrogens is 2. The number of aromatic nitrogens is 2. The van der Waals surface area contributed by atoms with Gasteiger partial charge in [0.15, 0.2) is 0 Å². The molecule has 3 rings (SSSR count). The zero-order chi connectivity index (χ0) is 16.4. The van der Waals surface area contributed by atoms with Gasteiger partial charge in [-0.3, -0.25) is 14.5 Å². The van der Waals surface area contributed by atoms with Crippen LogP contribution in [-0.4, -0.2) is 21.9 Å². The van der Waals surface area contributed by atoms with Gasteiger partial charge in [-0.1, -0.05) is 36.4 Å². The molecule has 23 heavy (non-hydrogen) atoms. The number of fused-ring (bicyclic) bond motifs is 1. The molecule has 2 N–H and O–H groups in total. The fourth-order valence-corrected chi connectivity index (χ4v) is 2.77. The van der Waals surface area contributed by atoms with Crippen LogP contribution in [0.1, 0.15) is 16.7 Å². The van der Waals surface area contributed by atoms with Crippen LogP contribution in [0.3, 0.4) is 0 Å². The average molecular weight is 309 g/mol. The summed E-state index contributed by atoms with van der Waals surface area (Å²) in [5.74, 6) is 0. The number of nitrogens with one attached hydrogen (secondary N) is 2. The van der Waals surface area contributed by atoms with E-state index in [1.54, 1.807) is 0 Å². The van der Waals surface area contributed by atoms with Crippen LogP contribution in [0, 0.1) is 6.92 Å². The van der Waals surface area contributed by atoms with E-state index in [0.717, 1.165) is 17.7 Å². The van der Waals surface area contributed by atoms with Crippen molar-refractivity contribution >= 4 is 11.0 Å². The third-order valence-corrected chi connectivity index (χ3v) is 3.96. The van der Waals surface area contributed by atoms with Gasteiger partial charge in [-0.25, -0.2) is 0 Å². The maximum Gasteiger partial charge on any atom is 0.314 e. The molecule has 2 aromatic carbocycles. The quantitative estimate of drug-likeness (QED) is 0.726. The number of hydrogen-bond acceptors (Lipinski definition) is 3. The number of nitrogens with zero attached hydrogens (tertiary/aromatic N) is 1. The molecule has 0 atom stereocenters. The smallest absolute Gasteiger partial charge is 0.314 e. The Hall–Kier alpha value is -2.66. The summed E-state index contributed by atoms with van der Waals surface area (Å²) in [5, 5.41) is 0. The zero-order valence-corrected chi connectivity index (χ0v) is 13.2. The van der Waals surface area contributed by atoms with Crippen LogP contribution < -0.4 is 11.1 Å². The van der Waals surface area contributed by atoms with Crippen LogP contribution >= 0.6 is 0 Å². The Kier molecular flexibility index (Phi) is 4.12. The van der Waals surface area contributed by atoms with E-state index in [4.69, 9.17) is 0 Å². The predicted octanol–water partition coefficient (Wildman–Crippen LogP) is 2.16. The lowest BCUT2D eigenvalue weighted by Gasteiger charge is -2.19. The maximum atomic E-state index is 11.7. The Balaban J connectivity index is 1.96. The van der Waals surface area contributed by atoms with Crippen molar-refractivity contribution in [3.63, 3.8) is 0 Å². The minimum atomic E-state index is -0.620. The van der Waals surface area contributed by atoms with Crippen molar-refractivity contribution < 1.29 is 0 Å². The third kappa shape index (κ3) is 3.24. The van der Waals surface area contributed by atoms with Gasteiger partial charge in [-0.05, 0) is 36.7 Å². The van der Waals surface area contributed by atoms with E-state index in [1.807, 2.05) is 44.3 Å². The molecule has 5 heteroatoms. The molecule has 0 aliphatic rings. The molecule has 1 heterocycles. The highest BCUT2D eigenvalue weighted by Gasteiger charge is 2.10. The first-order valence-corrected chi connectivity index (χ1v) is 7.52. The number of benzene rings is 2. The minimum Gasteiger partial charge on any atom is -0.316 e. The van der Waals surface area contributed by atoms with E-state index in [-0.39, 0.29) is 0 Å². The highest BCUT2D eigenvalue weighted by atomic mass is 16.2. The van der Waals surface area contributed by atoms with Gasteiger partial charge in [0.1, 0.15) is 0 Å². The fourth-order valence-electron chi connectivity index (χ4n) is 2.77. The largest absolute Gasteiger partial charge is 0.316 e. The number of aromatic amines is 2. The summed E-state index contributed by atoms with van der Waals surface area (Å²) in [6, 6.07) is 14.0. The second kappa shape index (κ2) is 6.22. The molecule has 1 aromatic heterocycles. The van der Waals surface area contributed by atoms with Crippen LogP contribution in [-0.2, 0) is 13.1 Å². The second-order valence-electron chi connectivity index (χ2n) is 5.85. The fraction of sp³-hybridized carbons (Fsp3) is 0.222. The van der Waals surface area contributed by atoms with Gasteiger partial charge in [0.05, 0.1) is 11.0 Å². The van der Waals surface area contributed by atoms with Crippen LogP contribution in [0.15, 0.2) is 52.1 Å². The summed E-state index contributed by atoms with van der Waals surface area (Å²) >= 11 is 0. The molecule has 5 nitrogen and oxygen atoms in total. The first-order valence-electron chi connectivity index (χ1n) is 7.52. The Morgan fingerprint density at radius 2 is 1.61 bits per heavy atom. The SMILES string of the molecule is Cc1ccc2[nH]c(=O)c(=O)[nH]c2c1CN(C)Cc1ccccc1. The van der Waals surface area contributed by atoms with Crippen LogP contribution in [0.25, 0.3) is 11.0 Å². The molecule has 0 fully saturated rings. The minimum absolute atomic E-state index is 0.616. The summed E-state index contributed by atoms with van der Waals surface area (Å²) in [6.07, 6.45) is 0. The number of rotatable bonds is 4. The van der Waals surface area contributed by atoms with Crippen LogP contribution in [0.4, 0.5) is 0 Å². The molecular weight excluding hydrogens is 290 g/mol. The van der Waals surface area contributed by atoms with Crippen molar-refractivity contribution in [2.24, 2.45) is 0 Å². The molecule has 0 amide bonds. The lowest BCUT2D eigenvalue weighted by Crippen LogP contribution is -2.29. The Morgan fingerprint density at radius 3 is 2.35 bits per heavy atom. The van der Waals surface area contributed by atoms with Crippen molar-refractivity contribution in [2.75, 3.05) is 7.05 Å². The Labute approximate surface area is 133 Å². The van der Waals surface area contributed by atoms with Crippen molar-refractivity contribution in [1.29, 1.82) is 0 Å². The summed E-state index contributed by atoms with van der Waals surface area (Å²) in [4.78, 5) is 30.7. The topological polar surface area (TPSA) is 69.0 Å². The third-order valence-electron chi connectivity index (χ3n) is 3.96. The second-order valence-corrected chi connectivity index (χ2v) is 5.85. The summed E-state index contributed by atoms with van der Waals surface area (Å²) in [6.45, 7) is 3.50. The highest BCUT2D eigenvalue weighted by molar-refractivity contribution is 5.78. The van der Waals surface area contributed by atoms with E-state index in [1.165, 1.54) is 5.56 Å². The molecular formula is C18H19N3O2. The van der Waals surface area contributed by atoms with E-state index >= 15 is 0 Å². The van der Waals surface area contributed by atoms with Gasteiger partial charge < -0.3 is 9.97 Å². The van der Waals surface area contributed by atoms with Gasteiger partial charge in [-0.15, -0.1) is 0 Å². The normalized spacial score (nSPS) is 11.3. The maximum absolute atomic E-state index is 11.7. The molecule has 0 saturated carbocycles. The molecule has 0 aliphatic carbocycles. The van der Waals surface area contributed by atoms with Crippen molar-refractivity contribution in [3.05, 3.63) is 79.9 Å². The van der Waals surface area contributed by atoms with E-state index in [9.17, 15) is 9.59 Å². The monoisotopic (exact) mass is 309 g/mol. The predicted molar refractivity (Wildman–Crippen MR) is 91.5 cm³/mol. The van der Waals surface area contributed by atoms with Crippen LogP contribution in [0.5, 0.6) is 0 Å². The van der Waals surface area contributed by atoms with E-state index in [0.29, 0.717) is 17.6 Å². The summed E-state index contributed by atoms with van der Waals surface area (Å²) in [5.41, 5.74) is 3.46. The van der Waals surface area contributed by atoms with Gasteiger partial charge in [0.25, 0.3) is 0 Å². The average Bonchev–Trinajstić information content (AvgIpc) is 2.53. The van der Waals surface area contributed by atoms with Crippen LogP contribution in [0.2, 0.25) is 0 Å². The van der Waals surface area contributed by atoms with Gasteiger partial charge in [0, 0.05) is 13.1 Å². The molecule has 3 aromatic rings. The lowest BCUT2D eigenvalue weighted by molar-refractivity contribution is 0.319. The molecule has 0 unspecified atom stereocenters. The first-order chi connectivity index (χ1) is 11.0. The Bertz CT molecular complexity index is 942. The van der Waals surface area contributed by atoms with Crippen molar-refractivity contribution in [3.8, 4) is 0 Å². The van der Waals surface area contributed by atoms with E-state index < -0.39 is 11.1 Å². The summed E-state index contributed by atoms with van der Waals surface area (Å²) in [7, 11) is 2.04. The molecule has 118 valence electrons. The lowest BCUT2D eigenvalue weighted by atomic mass is 10.1. The summed E-state index contributed by atoms with van der Waals surface area (Å²) < 4.78 is 0. The highest BCUT2D eigenvalue weighted by Crippen LogP contribution is 2.19. The number of aryl methyl sites for hydroxylation is 1. The van der Waals surface area contributed by atoms with Gasteiger partial charge in [0.2, 0.25) is 0 Å². The standard InChI is InChI=1S/C18H19N3O2/c1-12-8-9-15-16(20-18(23)17(22)19-15)14(12)11-21(2)10-13-6-4-3-5-7-13/h3-9H,10-11H2,1-2H3,(H,19,22)(H,20,23). The first kappa shape index (κ1) is 15.2. The number of hydrogen-bond donors (Lipinski definition) is 2. The van der Waals surface area contributed by atoms with Crippen molar-refractivity contribution in [2.45, 2.75) is 20.0 Å². The van der Waals surface area contributed by atoms with Crippen molar-refractivity contribution in [1.82, 2.24) is 14.9 Å². The molecule has 0 spiro atoms.